The number of hydrogen-bond donors (Lipinski definition) is 1. The van der Waals surface area contributed by atoms with Crippen molar-refractivity contribution in [3.63, 3.8) is 0 Å². The van der Waals surface area contributed by atoms with Crippen molar-refractivity contribution >= 4 is 27.5 Å². The summed E-state index contributed by atoms with van der Waals surface area (Å²) in [6.07, 6.45) is 3.94. The third kappa shape index (κ3) is 7.48. The SMILES string of the molecule is COc1ccc(S(=O)(=O)N(CC(=O)N(Cc2ccccc2C)C(C)C(=O)NC2CCCC2)c2ccc(C)cc2)cc1OC. The van der Waals surface area contributed by atoms with E-state index in [1.165, 1.54) is 37.3 Å². The van der Waals surface area contributed by atoms with Crippen LogP contribution >= 0.6 is 0 Å². The van der Waals surface area contributed by atoms with Gasteiger partial charge in [-0.3, -0.25) is 13.9 Å². The zero-order valence-electron chi connectivity index (χ0n) is 25.5. The fraction of sp³-hybridized carbons (Fsp3) is 0.394. The van der Waals surface area contributed by atoms with E-state index in [1.54, 1.807) is 31.2 Å². The Morgan fingerprint density at radius 1 is 0.930 bits per heavy atom. The predicted molar refractivity (Wildman–Crippen MR) is 167 cm³/mol. The summed E-state index contributed by atoms with van der Waals surface area (Å²) < 4.78 is 40.1. The predicted octanol–water partition coefficient (Wildman–Crippen LogP) is 4.99. The molecule has 3 aromatic rings. The number of carbonyl (C=O) groups excluding carboxylic acids is 2. The zero-order valence-corrected chi connectivity index (χ0v) is 26.3. The Kier molecular flexibility index (Phi) is 10.3. The summed E-state index contributed by atoms with van der Waals surface area (Å²) in [6, 6.07) is 18.1. The molecule has 1 fully saturated rings. The fourth-order valence-electron chi connectivity index (χ4n) is 5.29. The number of rotatable bonds is 12. The van der Waals surface area contributed by atoms with Gasteiger partial charge in [-0.15, -0.1) is 0 Å². The quantitative estimate of drug-likeness (QED) is 0.311. The van der Waals surface area contributed by atoms with E-state index in [4.69, 9.17) is 9.47 Å². The van der Waals surface area contributed by atoms with Gasteiger partial charge in [-0.1, -0.05) is 54.8 Å². The number of sulfonamides is 1. The van der Waals surface area contributed by atoms with Crippen LogP contribution in [0, 0.1) is 13.8 Å². The highest BCUT2D eigenvalue weighted by atomic mass is 32.2. The molecular weight excluding hydrogens is 566 g/mol. The number of aryl methyl sites for hydroxylation is 2. The molecule has 1 saturated carbocycles. The van der Waals surface area contributed by atoms with Crippen LogP contribution in [0.5, 0.6) is 11.5 Å². The number of ether oxygens (including phenoxy) is 2. The topological polar surface area (TPSA) is 105 Å². The smallest absolute Gasteiger partial charge is 0.264 e. The molecule has 0 heterocycles. The summed E-state index contributed by atoms with van der Waals surface area (Å²) in [4.78, 5) is 29.0. The molecule has 0 aliphatic heterocycles. The van der Waals surface area contributed by atoms with Crippen molar-refractivity contribution in [2.75, 3.05) is 25.1 Å². The Morgan fingerprint density at radius 2 is 1.58 bits per heavy atom. The summed E-state index contributed by atoms with van der Waals surface area (Å²) in [5.74, 6) is -0.122. The van der Waals surface area contributed by atoms with Crippen LogP contribution in [0.25, 0.3) is 0 Å². The molecule has 1 aliphatic rings. The molecule has 0 bridgehead atoms. The molecule has 0 saturated heterocycles. The van der Waals surface area contributed by atoms with E-state index in [0.29, 0.717) is 11.4 Å². The monoisotopic (exact) mass is 607 g/mol. The number of carbonyl (C=O) groups is 2. The van der Waals surface area contributed by atoms with E-state index in [1.807, 2.05) is 38.1 Å². The molecule has 4 rings (SSSR count). The van der Waals surface area contributed by atoms with Gasteiger partial charge in [0.1, 0.15) is 12.6 Å². The third-order valence-electron chi connectivity index (χ3n) is 8.01. The average molecular weight is 608 g/mol. The van der Waals surface area contributed by atoms with Gasteiger partial charge >= 0.3 is 0 Å². The van der Waals surface area contributed by atoms with Gasteiger partial charge in [-0.25, -0.2) is 8.42 Å². The molecule has 1 N–H and O–H groups in total. The van der Waals surface area contributed by atoms with Crippen LogP contribution in [-0.2, 0) is 26.2 Å². The number of nitrogens with one attached hydrogen (secondary N) is 1. The van der Waals surface area contributed by atoms with Crippen LogP contribution < -0.4 is 19.1 Å². The van der Waals surface area contributed by atoms with Crippen LogP contribution in [0.4, 0.5) is 5.69 Å². The highest BCUT2D eigenvalue weighted by molar-refractivity contribution is 7.92. The molecule has 1 aliphatic carbocycles. The van der Waals surface area contributed by atoms with Crippen LogP contribution in [0.2, 0.25) is 0 Å². The van der Waals surface area contributed by atoms with Crippen molar-refractivity contribution in [3.05, 3.63) is 83.4 Å². The lowest BCUT2D eigenvalue weighted by atomic mass is 10.1. The first-order valence-corrected chi connectivity index (χ1v) is 15.9. The largest absolute Gasteiger partial charge is 0.493 e. The molecule has 1 unspecified atom stereocenters. The zero-order chi connectivity index (χ0) is 31.1. The lowest BCUT2D eigenvalue weighted by Gasteiger charge is -2.33. The van der Waals surface area contributed by atoms with Gasteiger partial charge in [0, 0.05) is 18.7 Å². The summed E-state index contributed by atoms with van der Waals surface area (Å²) in [7, 11) is -1.35. The molecule has 9 nitrogen and oxygen atoms in total. The second-order valence-electron chi connectivity index (χ2n) is 11.0. The van der Waals surface area contributed by atoms with Crippen molar-refractivity contribution in [2.45, 2.75) is 70.0 Å². The molecule has 2 amide bonds. The normalized spacial score (nSPS) is 14.2. The van der Waals surface area contributed by atoms with Gasteiger partial charge in [0.05, 0.1) is 24.8 Å². The number of amides is 2. The Morgan fingerprint density at radius 3 is 2.21 bits per heavy atom. The minimum absolute atomic E-state index is 0.0593. The molecule has 0 radical (unpaired) electrons. The van der Waals surface area contributed by atoms with Gasteiger partial charge in [0.25, 0.3) is 10.0 Å². The fourth-order valence-corrected chi connectivity index (χ4v) is 6.72. The minimum atomic E-state index is -4.25. The molecule has 230 valence electrons. The van der Waals surface area contributed by atoms with Crippen molar-refractivity contribution in [1.82, 2.24) is 10.2 Å². The van der Waals surface area contributed by atoms with E-state index in [0.717, 1.165) is 46.7 Å². The summed E-state index contributed by atoms with van der Waals surface area (Å²) in [5, 5.41) is 3.09. The van der Waals surface area contributed by atoms with Gasteiger partial charge in [-0.05, 0) is 69.0 Å². The Bertz CT molecular complexity index is 1530. The Balaban J connectivity index is 1.72. The van der Waals surface area contributed by atoms with Crippen molar-refractivity contribution < 1.29 is 27.5 Å². The highest BCUT2D eigenvalue weighted by Gasteiger charge is 2.34. The molecule has 43 heavy (non-hydrogen) atoms. The molecular formula is C33H41N3O6S. The first-order valence-electron chi connectivity index (χ1n) is 14.5. The Hall–Kier alpha value is -4.05. The Labute approximate surface area is 254 Å². The highest BCUT2D eigenvalue weighted by Crippen LogP contribution is 2.32. The van der Waals surface area contributed by atoms with E-state index in [2.05, 4.69) is 5.32 Å². The molecule has 3 aromatic carbocycles. The summed E-state index contributed by atoms with van der Waals surface area (Å²) in [5.41, 5.74) is 3.11. The number of benzene rings is 3. The van der Waals surface area contributed by atoms with E-state index in [9.17, 15) is 18.0 Å². The minimum Gasteiger partial charge on any atom is -0.493 e. The molecule has 1 atom stereocenters. The lowest BCUT2D eigenvalue weighted by molar-refractivity contribution is -0.139. The first-order chi connectivity index (χ1) is 20.5. The number of hydrogen-bond acceptors (Lipinski definition) is 6. The lowest BCUT2D eigenvalue weighted by Crippen LogP contribution is -2.52. The molecule has 0 spiro atoms. The molecule has 10 heteroatoms. The third-order valence-corrected chi connectivity index (χ3v) is 9.78. The van der Waals surface area contributed by atoms with E-state index >= 15 is 0 Å². The van der Waals surface area contributed by atoms with Crippen LogP contribution in [-0.4, -0.2) is 58.0 Å². The van der Waals surface area contributed by atoms with E-state index in [-0.39, 0.29) is 29.1 Å². The van der Waals surface area contributed by atoms with Crippen molar-refractivity contribution in [2.24, 2.45) is 0 Å². The van der Waals surface area contributed by atoms with Gasteiger partial charge < -0.3 is 19.7 Å². The second kappa shape index (κ2) is 13.9. The van der Waals surface area contributed by atoms with Crippen molar-refractivity contribution in [1.29, 1.82) is 0 Å². The number of anilines is 1. The van der Waals surface area contributed by atoms with Gasteiger partial charge in [-0.2, -0.15) is 0 Å². The van der Waals surface area contributed by atoms with Crippen molar-refractivity contribution in [3.8, 4) is 11.5 Å². The second-order valence-corrected chi connectivity index (χ2v) is 12.8. The summed E-state index contributed by atoms with van der Waals surface area (Å²) in [6.45, 7) is 5.19. The van der Waals surface area contributed by atoms with Crippen LogP contribution in [0.3, 0.4) is 0 Å². The number of methoxy groups -OCH3 is 2. The standard InChI is InChI=1S/C33H41N3O6S/c1-23-14-16-28(17-15-23)36(43(39,40)29-18-19-30(41-4)31(20-29)42-5)22-32(37)35(21-26-11-7-6-10-24(26)2)25(3)33(38)34-27-12-8-9-13-27/h6-7,10-11,14-20,25,27H,8-9,12-13,21-22H2,1-5H3,(H,34,38). The van der Waals surface area contributed by atoms with E-state index < -0.39 is 28.5 Å². The maximum absolute atomic E-state index is 14.2. The summed E-state index contributed by atoms with van der Waals surface area (Å²) >= 11 is 0. The maximum Gasteiger partial charge on any atom is 0.264 e. The van der Waals surface area contributed by atoms with Gasteiger partial charge in [0.15, 0.2) is 11.5 Å². The van der Waals surface area contributed by atoms with Crippen LogP contribution in [0.1, 0.15) is 49.3 Å². The maximum atomic E-state index is 14.2. The molecule has 0 aromatic heterocycles. The number of nitrogens with zero attached hydrogens (tertiary/aromatic N) is 2. The average Bonchev–Trinajstić information content (AvgIpc) is 3.52. The van der Waals surface area contributed by atoms with Gasteiger partial charge in [0.2, 0.25) is 11.8 Å². The first kappa shape index (κ1) is 31.9. The van der Waals surface area contributed by atoms with Crippen LogP contribution in [0.15, 0.2) is 71.6 Å².